The van der Waals surface area contributed by atoms with Gasteiger partial charge < -0.3 is 10.4 Å². The van der Waals surface area contributed by atoms with Gasteiger partial charge in [-0.25, -0.2) is 0 Å². The molecule has 0 saturated carbocycles. The molecule has 0 heterocycles. The van der Waals surface area contributed by atoms with Gasteiger partial charge in [0, 0.05) is 18.7 Å². The van der Waals surface area contributed by atoms with E-state index in [2.05, 4.69) is 17.9 Å². The van der Waals surface area contributed by atoms with Gasteiger partial charge in [0.1, 0.15) is 0 Å². The summed E-state index contributed by atoms with van der Waals surface area (Å²) >= 11 is 3.90. The summed E-state index contributed by atoms with van der Waals surface area (Å²) in [4.78, 5) is 21.2. The second-order valence-electron chi connectivity index (χ2n) is 2.52. The highest BCUT2D eigenvalue weighted by molar-refractivity contribution is 7.80. The molecule has 12 heavy (non-hydrogen) atoms. The Balaban J connectivity index is 3.61. The summed E-state index contributed by atoms with van der Waals surface area (Å²) in [5.74, 6) is -1.24. The minimum atomic E-state index is -0.948. The van der Waals surface area contributed by atoms with E-state index in [0.717, 1.165) is 0 Å². The molecule has 0 aliphatic rings. The normalized spacial score (nSPS) is 12.2. The molecule has 0 bridgehead atoms. The summed E-state index contributed by atoms with van der Waals surface area (Å²) in [6, 6.07) is 0. The maximum Gasteiger partial charge on any atom is 0.306 e. The van der Waals surface area contributed by atoms with Gasteiger partial charge in [-0.3, -0.25) is 9.59 Å². The zero-order chi connectivity index (χ0) is 9.56. The van der Waals surface area contributed by atoms with Crippen LogP contribution in [0.25, 0.3) is 0 Å². The number of carboxylic acids is 1. The monoisotopic (exact) mass is 191 g/mol. The molecule has 0 aromatic heterocycles. The van der Waals surface area contributed by atoms with Crippen LogP contribution < -0.4 is 5.32 Å². The smallest absolute Gasteiger partial charge is 0.306 e. The SMILES string of the molecule is CC(CC(=O)NCCS)C(=O)O. The van der Waals surface area contributed by atoms with Gasteiger partial charge in [0.2, 0.25) is 5.91 Å². The molecule has 0 aliphatic heterocycles. The average Bonchev–Trinajstić information content (AvgIpc) is 2.00. The molecule has 1 amide bonds. The first-order valence-corrected chi connectivity index (χ1v) is 4.31. The molecule has 1 atom stereocenters. The summed E-state index contributed by atoms with van der Waals surface area (Å²) < 4.78 is 0. The third-order valence-electron chi connectivity index (χ3n) is 1.35. The number of carbonyl (C=O) groups is 2. The van der Waals surface area contributed by atoms with E-state index in [9.17, 15) is 9.59 Å². The van der Waals surface area contributed by atoms with E-state index in [1.165, 1.54) is 6.92 Å². The van der Waals surface area contributed by atoms with Crippen LogP contribution >= 0.6 is 12.6 Å². The molecule has 0 fully saturated rings. The first kappa shape index (κ1) is 11.3. The predicted octanol–water partition coefficient (Wildman–Crippen LogP) is 0.143. The number of rotatable bonds is 5. The molecule has 2 N–H and O–H groups in total. The molecule has 0 spiro atoms. The van der Waals surface area contributed by atoms with Gasteiger partial charge in [-0.2, -0.15) is 12.6 Å². The van der Waals surface area contributed by atoms with Crippen LogP contribution in [0.4, 0.5) is 0 Å². The Kier molecular flexibility index (Phi) is 5.53. The largest absolute Gasteiger partial charge is 0.481 e. The zero-order valence-electron chi connectivity index (χ0n) is 6.91. The van der Waals surface area contributed by atoms with Crippen LogP contribution in [0.2, 0.25) is 0 Å². The van der Waals surface area contributed by atoms with Crippen LogP contribution in [0.3, 0.4) is 0 Å². The number of aliphatic carboxylic acids is 1. The highest BCUT2D eigenvalue weighted by Crippen LogP contribution is 2.00. The maximum absolute atomic E-state index is 10.9. The maximum atomic E-state index is 10.9. The van der Waals surface area contributed by atoms with E-state index in [-0.39, 0.29) is 12.3 Å². The van der Waals surface area contributed by atoms with Gasteiger partial charge >= 0.3 is 5.97 Å². The summed E-state index contributed by atoms with van der Waals surface area (Å²) in [5.41, 5.74) is 0. The minimum absolute atomic E-state index is 0.0309. The Labute approximate surface area is 76.8 Å². The van der Waals surface area contributed by atoms with E-state index in [4.69, 9.17) is 5.11 Å². The fraction of sp³-hybridized carbons (Fsp3) is 0.714. The van der Waals surface area contributed by atoms with E-state index < -0.39 is 11.9 Å². The van der Waals surface area contributed by atoms with Crippen LogP contribution in [-0.2, 0) is 9.59 Å². The van der Waals surface area contributed by atoms with E-state index in [0.29, 0.717) is 12.3 Å². The Morgan fingerprint density at radius 2 is 2.17 bits per heavy atom. The molecule has 0 aromatic carbocycles. The van der Waals surface area contributed by atoms with Crippen LogP contribution in [-0.4, -0.2) is 29.3 Å². The average molecular weight is 191 g/mol. The van der Waals surface area contributed by atoms with Crippen molar-refractivity contribution in [3.8, 4) is 0 Å². The van der Waals surface area contributed by atoms with Gasteiger partial charge in [0.25, 0.3) is 0 Å². The molecule has 5 heteroatoms. The van der Waals surface area contributed by atoms with Crippen LogP contribution in [0.5, 0.6) is 0 Å². The van der Waals surface area contributed by atoms with Gasteiger partial charge in [-0.15, -0.1) is 0 Å². The van der Waals surface area contributed by atoms with Crippen molar-refractivity contribution >= 4 is 24.5 Å². The Morgan fingerprint density at radius 3 is 2.58 bits per heavy atom. The summed E-state index contributed by atoms with van der Waals surface area (Å²) in [6.07, 6.45) is 0.0309. The molecule has 0 aromatic rings. The van der Waals surface area contributed by atoms with Crippen molar-refractivity contribution in [1.82, 2.24) is 5.32 Å². The molecule has 4 nitrogen and oxygen atoms in total. The first-order chi connectivity index (χ1) is 5.57. The lowest BCUT2D eigenvalue weighted by Gasteiger charge is -2.05. The number of hydrogen-bond donors (Lipinski definition) is 3. The zero-order valence-corrected chi connectivity index (χ0v) is 7.80. The molecule has 1 unspecified atom stereocenters. The van der Waals surface area contributed by atoms with Crippen molar-refractivity contribution < 1.29 is 14.7 Å². The van der Waals surface area contributed by atoms with E-state index in [1.807, 2.05) is 0 Å². The number of hydrogen-bond acceptors (Lipinski definition) is 3. The lowest BCUT2D eigenvalue weighted by Crippen LogP contribution is -2.28. The molecule has 0 radical (unpaired) electrons. The van der Waals surface area contributed by atoms with Crippen molar-refractivity contribution in [3.05, 3.63) is 0 Å². The molecular weight excluding hydrogens is 178 g/mol. The van der Waals surface area contributed by atoms with Gasteiger partial charge in [-0.05, 0) is 0 Å². The van der Waals surface area contributed by atoms with Crippen molar-refractivity contribution in [3.63, 3.8) is 0 Å². The van der Waals surface area contributed by atoms with E-state index >= 15 is 0 Å². The number of nitrogens with one attached hydrogen (secondary N) is 1. The second-order valence-corrected chi connectivity index (χ2v) is 2.96. The Hall–Kier alpha value is -0.710. The van der Waals surface area contributed by atoms with E-state index in [1.54, 1.807) is 0 Å². The minimum Gasteiger partial charge on any atom is -0.481 e. The van der Waals surface area contributed by atoms with Crippen molar-refractivity contribution in [1.29, 1.82) is 0 Å². The summed E-state index contributed by atoms with van der Waals surface area (Å²) in [5, 5.41) is 11.0. The van der Waals surface area contributed by atoms with Crippen molar-refractivity contribution in [2.75, 3.05) is 12.3 Å². The Bertz CT molecular complexity index is 172. The molecular formula is C7H13NO3S. The van der Waals surface area contributed by atoms with Gasteiger partial charge in [0.05, 0.1) is 5.92 Å². The topological polar surface area (TPSA) is 66.4 Å². The number of thiol groups is 1. The fourth-order valence-electron chi connectivity index (χ4n) is 0.633. The number of carbonyl (C=O) groups excluding carboxylic acids is 1. The van der Waals surface area contributed by atoms with Crippen LogP contribution in [0, 0.1) is 5.92 Å². The van der Waals surface area contributed by atoms with Gasteiger partial charge in [-0.1, -0.05) is 6.92 Å². The van der Waals surface area contributed by atoms with Crippen LogP contribution in [0.15, 0.2) is 0 Å². The lowest BCUT2D eigenvalue weighted by atomic mass is 10.1. The fourth-order valence-corrected chi connectivity index (χ4v) is 0.745. The molecule has 0 aliphatic carbocycles. The lowest BCUT2D eigenvalue weighted by molar-refractivity contribution is -0.143. The van der Waals surface area contributed by atoms with Crippen molar-refractivity contribution in [2.24, 2.45) is 5.92 Å². The Morgan fingerprint density at radius 1 is 1.58 bits per heavy atom. The number of amides is 1. The second kappa shape index (κ2) is 5.88. The van der Waals surface area contributed by atoms with Crippen LogP contribution in [0.1, 0.15) is 13.3 Å². The third kappa shape index (κ3) is 5.01. The van der Waals surface area contributed by atoms with Gasteiger partial charge in [0.15, 0.2) is 0 Å². The quantitative estimate of drug-likeness (QED) is 0.542. The molecule has 0 rings (SSSR count). The summed E-state index contributed by atoms with van der Waals surface area (Å²) in [6.45, 7) is 1.98. The number of carboxylic acid groups (broad SMARTS) is 1. The predicted molar refractivity (Wildman–Crippen MR) is 48.3 cm³/mol. The standard InChI is InChI=1S/C7H13NO3S/c1-5(7(10)11)4-6(9)8-2-3-12/h5,12H,2-4H2,1H3,(H,8,9)(H,10,11). The molecule has 0 saturated heterocycles. The molecule has 70 valence electrons. The first-order valence-electron chi connectivity index (χ1n) is 3.68. The summed E-state index contributed by atoms with van der Waals surface area (Å²) in [7, 11) is 0. The highest BCUT2D eigenvalue weighted by Gasteiger charge is 2.14. The highest BCUT2D eigenvalue weighted by atomic mass is 32.1. The van der Waals surface area contributed by atoms with Crippen molar-refractivity contribution in [2.45, 2.75) is 13.3 Å². The third-order valence-corrected chi connectivity index (χ3v) is 1.57.